The summed E-state index contributed by atoms with van der Waals surface area (Å²) >= 11 is 3.84. The fourth-order valence-electron chi connectivity index (χ4n) is 3.87. The smallest absolute Gasteiger partial charge is 0.0402 e. The summed E-state index contributed by atoms with van der Waals surface area (Å²) in [5, 5.41) is 3.43. The van der Waals surface area contributed by atoms with E-state index in [9.17, 15) is 0 Å². The van der Waals surface area contributed by atoms with E-state index in [1.54, 1.807) is 0 Å². The minimum Gasteiger partial charge on any atom is -0.319 e. The number of likely N-dealkylation sites (tertiary alicyclic amines) is 1. The third kappa shape index (κ3) is 3.52. The Morgan fingerprint density at radius 1 is 1.24 bits per heavy atom. The number of rotatable bonds is 4. The van der Waals surface area contributed by atoms with Crippen molar-refractivity contribution in [1.29, 1.82) is 0 Å². The molecule has 2 aliphatic rings. The van der Waals surface area contributed by atoms with E-state index in [4.69, 9.17) is 0 Å². The van der Waals surface area contributed by atoms with Gasteiger partial charge >= 0.3 is 0 Å². The van der Waals surface area contributed by atoms with Crippen molar-refractivity contribution in [2.75, 3.05) is 20.1 Å². The Morgan fingerprint density at radius 2 is 2.05 bits per heavy atom. The number of hydrogen-bond acceptors (Lipinski definition) is 2. The van der Waals surface area contributed by atoms with Gasteiger partial charge in [0, 0.05) is 16.6 Å². The van der Waals surface area contributed by atoms with Crippen LogP contribution in [0, 0.1) is 12.8 Å². The van der Waals surface area contributed by atoms with Gasteiger partial charge in [-0.2, -0.15) is 0 Å². The van der Waals surface area contributed by atoms with Crippen LogP contribution in [0.2, 0.25) is 0 Å². The summed E-state index contributed by atoms with van der Waals surface area (Å²) < 4.78 is 1.29. The predicted octanol–water partition coefficient (Wildman–Crippen LogP) is 4.28. The fraction of sp³-hybridized carbons (Fsp3) is 0.667. The van der Waals surface area contributed by atoms with Crippen LogP contribution in [0.25, 0.3) is 0 Å². The topological polar surface area (TPSA) is 15.3 Å². The molecule has 0 aromatic heterocycles. The third-order valence-corrected chi connectivity index (χ3v) is 5.69. The van der Waals surface area contributed by atoms with E-state index in [-0.39, 0.29) is 0 Å². The van der Waals surface area contributed by atoms with Crippen LogP contribution in [0.3, 0.4) is 0 Å². The van der Waals surface area contributed by atoms with Gasteiger partial charge in [-0.15, -0.1) is 0 Å². The first-order valence-corrected chi connectivity index (χ1v) is 9.16. The molecule has 0 amide bonds. The second-order valence-corrected chi connectivity index (χ2v) is 7.61. The van der Waals surface area contributed by atoms with Crippen LogP contribution in [-0.4, -0.2) is 31.1 Å². The lowest BCUT2D eigenvalue weighted by Crippen LogP contribution is -2.38. The molecular weight excluding hydrogens is 324 g/mol. The van der Waals surface area contributed by atoms with Gasteiger partial charge < -0.3 is 5.32 Å². The highest BCUT2D eigenvalue weighted by atomic mass is 79.9. The fourth-order valence-corrected chi connectivity index (χ4v) is 4.59. The minimum absolute atomic E-state index is 0.572. The minimum atomic E-state index is 0.572. The molecule has 1 heterocycles. The van der Waals surface area contributed by atoms with Crippen LogP contribution in [0.1, 0.15) is 49.3 Å². The molecule has 0 spiro atoms. The SMILES string of the molecule is CNCC1CCCCN(C2CC2)C1c1ccc(C)cc1Br. The lowest BCUT2D eigenvalue weighted by atomic mass is 9.88. The monoisotopic (exact) mass is 350 g/mol. The predicted molar refractivity (Wildman–Crippen MR) is 92.6 cm³/mol. The number of benzene rings is 1. The van der Waals surface area contributed by atoms with Gasteiger partial charge in [-0.25, -0.2) is 0 Å². The Hall–Kier alpha value is -0.380. The molecule has 1 saturated carbocycles. The van der Waals surface area contributed by atoms with Crippen molar-refractivity contribution in [3.8, 4) is 0 Å². The zero-order chi connectivity index (χ0) is 14.8. The largest absolute Gasteiger partial charge is 0.319 e. The molecule has 0 radical (unpaired) electrons. The van der Waals surface area contributed by atoms with Crippen molar-refractivity contribution in [2.45, 2.75) is 51.1 Å². The summed E-state index contributed by atoms with van der Waals surface area (Å²) in [6, 6.07) is 8.31. The maximum absolute atomic E-state index is 3.84. The average molecular weight is 351 g/mol. The first kappa shape index (κ1) is 15.5. The van der Waals surface area contributed by atoms with Crippen molar-refractivity contribution in [3.63, 3.8) is 0 Å². The van der Waals surface area contributed by atoms with E-state index in [2.05, 4.69) is 58.3 Å². The molecular formula is C18H27BrN2. The number of hydrogen-bond donors (Lipinski definition) is 1. The van der Waals surface area contributed by atoms with E-state index < -0.39 is 0 Å². The molecule has 1 aliphatic heterocycles. The highest BCUT2D eigenvalue weighted by molar-refractivity contribution is 9.10. The van der Waals surface area contributed by atoms with E-state index in [1.807, 2.05) is 0 Å². The van der Waals surface area contributed by atoms with E-state index in [1.165, 1.54) is 54.2 Å². The molecule has 2 atom stereocenters. The van der Waals surface area contributed by atoms with Gasteiger partial charge in [-0.05, 0) is 75.9 Å². The second kappa shape index (κ2) is 6.80. The summed E-state index contributed by atoms with van der Waals surface area (Å²) in [5.74, 6) is 0.720. The Kier molecular flexibility index (Phi) is 5.03. The second-order valence-electron chi connectivity index (χ2n) is 6.75. The average Bonchev–Trinajstić information content (AvgIpc) is 3.26. The Bertz CT molecular complexity index is 484. The summed E-state index contributed by atoms with van der Waals surface area (Å²) in [4.78, 5) is 2.81. The molecule has 1 aromatic carbocycles. The van der Waals surface area contributed by atoms with E-state index in [0.29, 0.717) is 6.04 Å². The molecule has 1 aromatic rings. The third-order valence-electron chi connectivity index (χ3n) is 5.00. The van der Waals surface area contributed by atoms with E-state index >= 15 is 0 Å². The van der Waals surface area contributed by atoms with Gasteiger partial charge in [0.25, 0.3) is 0 Å². The zero-order valence-electron chi connectivity index (χ0n) is 13.2. The van der Waals surface area contributed by atoms with Crippen LogP contribution in [0.15, 0.2) is 22.7 Å². The molecule has 3 rings (SSSR count). The number of aryl methyl sites for hydroxylation is 1. The highest BCUT2D eigenvalue weighted by Gasteiger charge is 2.39. The Labute approximate surface area is 137 Å². The maximum atomic E-state index is 3.84. The molecule has 0 bridgehead atoms. The lowest BCUT2D eigenvalue weighted by Gasteiger charge is -2.36. The molecule has 2 nitrogen and oxygen atoms in total. The number of nitrogens with one attached hydrogen (secondary N) is 1. The molecule has 21 heavy (non-hydrogen) atoms. The Balaban J connectivity index is 1.96. The van der Waals surface area contributed by atoms with Crippen molar-refractivity contribution in [3.05, 3.63) is 33.8 Å². The zero-order valence-corrected chi connectivity index (χ0v) is 14.8. The summed E-state index contributed by atoms with van der Waals surface area (Å²) in [6.07, 6.45) is 6.86. The van der Waals surface area contributed by atoms with Gasteiger partial charge in [0.05, 0.1) is 0 Å². The van der Waals surface area contributed by atoms with Crippen molar-refractivity contribution in [2.24, 2.45) is 5.92 Å². The Morgan fingerprint density at radius 3 is 2.71 bits per heavy atom. The number of halogens is 1. The van der Waals surface area contributed by atoms with Gasteiger partial charge in [0.1, 0.15) is 0 Å². The molecule has 1 aliphatic carbocycles. The van der Waals surface area contributed by atoms with Crippen molar-refractivity contribution < 1.29 is 0 Å². The van der Waals surface area contributed by atoms with Gasteiger partial charge in [0.2, 0.25) is 0 Å². The molecule has 2 unspecified atom stereocenters. The molecule has 2 fully saturated rings. The molecule has 3 heteroatoms. The van der Waals surface area contributed by atoms with Crippen LogP contribution in [-0.2, 0) is 0 Å². The van der Waals surface area contributed by atoms with Crippen molar-refractivity contribution in [1.82, 2.24) is 10.2 Å². The first-order chi connectivity index (χ1) is 10.2. The summed E-state index contributed by atoms with van der Waals surface area (Å²) in [5.41, 5.74) is 2.83. The van der Waals surface area contributed by atoms with Crippen LogP contribution in [0.4, 0.5) is 0 Å². The highest BCUT2D eigenvalue weighted by Crippen LogP contribution is 2.43. The first-order valence-electron chi connectivity index (χ1n) is 8.37. The standard InChI is InChI=1S/C18H27BrN2/c1-13-6-9-16(17(19)11-13)18-14(12-20-2)5-3-4-10-21(18)15-7-8-15/h6,9,11,14-15,18,20H,3-5,7-8,10,12H2,1-2H3. The van der Waals surface area contributed by atoms with Crippen LogP contribution >= 0.6 is 15.9 Å². The van der Waals surface area contributed by atoms with Crippen LogP contribution in [0.5, 0.6) is 0 Å². The van der Waals surface area contributed by atoms with Crippen LogP contribution < -0.4 is 5.32 Å². The van der Waals surface area contributed by atoms with Crippen molar-refractivity contribution >= 4 is 15.9 Å². The normalized spacial score (nSPS) is 27.6. The lowest BCUT2D eigenvalue weighted by molar-refractivity contribution is 0.145. The molecule has 1 saturated heterocycles. The number of nitrogens with zero attached hydrogens (tertiary/aromatic N) is 1. The van der Waals surface area contributed by atoms with Gasteiger partial charge in [-0.1, -0.05) is 34.5 Å². The molecule has 116 valence electrons. The maximum Gasteiger partial charge on any atom is 0.0402 e. The quantitative estimate of drug-likeness (QED) is 0.871. The summed E-state index contributed by atoms with van der Waals surface area (Å²) in [6.45, 7) is 4.56. The van der Waals surface area contributed by atoms with E-state index in [0.717, 1.165) is 18.5 Å². The van der Waals surface area contributed by atoms with Gasteiger partial charge in [0.15, 0.2) is 0 Å². The van der Waals surface area contributed by atoms with Gasteiger partial charge in [-0.3, -0.25) is 4.90 Å². The molecule has 1 N–H and O–H groups in total. The summed E-state index contributed by atoms with van der Waals surface area (Å²) in [7, 11) is 2.09.